The number of aliphatic carboxylic acids is 1. The van der Waals surface area contributed by atoms with E-state index in [1.54, 1.807) is 0 Å². The number of carbonyl (C=O) groups excluding carboxylic acids is 2. The van der Waals surface area contributed by atoms with Crippen LogP contribution in [0.15, 0.2) is 15.2 Å². The van der Waals surface area contributed by atoms with Crippen LogP contribution in [0.5, 0.6) is 0 Å². The van der Waals surface area contributed by atoms with E-state index in [2.05, 4.69) is 21.2 Å². The molecule has 0 aromatic carbocycles. The summed E-state index contributed by atoms with van der Waals surface area (Å²) in [6.45, 7) is 0.330. The number of carboxylic acids is 1. The van der Waals surface area contributed by atoms with Gasteiger partial charge < -0.3 is 21.1 Å². The van der Waals surface area contributed by atoms with E-state index in [1.807, 2.05) is 11.4 Å². The fourth-order valence-corrected chi connectivity index (χ4v) is 2.64. The molecule has 0 bridgehead atoms. The highest BCUT2D eigenvalue weighted by atomic mass is 79.9. The van der Waals surface area contributed by atoms with Crippen molar-refractivity contribution in [2.45, 2.75) is 19.0 Å². The van der Waals surface area contributed by atoms with Crippen molar-refractivity contribution in [2.75, 3.05) is 7.05 Å². The number of primary amides is 1. The monoisotopic (exact) mass is 363 g/mol. The molecule has 0 spiro atoms. The number of carbonyl (C=O) groups is 3. The maximum absolute atomic E-state index is 11.8. The Hall–Kier alpha value is -1.61. The van der Waals surface area contributed by atoms with E-state index in [0.717, 1.165) is 9.35 Å². The molecule has 0 fully saturated rings. The fraction of sp³-hybridized carbons (Fsp3) is 0.364. The molecule has 1 atom stereocenters. The number of amides is 3. The molecule has 1 aromatic rings. The largest absolute Gasteiger partial charge is 0.480 e. The van der Waals surface area contributed by atoms with Crippen molar-refractivity contribution in [3.05, 3.63) is 20.8 Å². The molecule has 7 nitrogen and oxygen atoms in total. The number of hydrogen-bond donors (Lipinski definition) is 3. The van der Waals surface area contributed by atoms with Gasteiger partial charge in [0.15, 0.2) is 0 Å². The number of rotatable bonds is 6. The van der Waals surface area contributed by atoms with E-state index in [4.69, 9.17) is 10.8 Å². The van der Waals surface area contributed by atoms with E-state index in [9.17, 15) is 14.4 Å². The second kappa shape index (κ2) is 7.25. The second-order valence-corrected chi connectivity index (χ2v) is 6.42. The van der Waals surface area contributed by atoms with Gasteiger partial charge in [-0.15, -0.1) is 11.3 Å². The zero-order valence-electron chi connectivity index (χ0n) is 10.6. The van der Waals surface area contributed by atoms with Gasteiger partial charge in [-0.3, -0.25) is 4.79 Å². The molecule has 0 aliphatic carbocycles. The average molecular weight is 364 g/mol. The van der Waals surface area contributed by atoms with Crippen LogP contribution < -0.4 is 11.1 Å². The lowest BCUT2D eigenvalue weighted by Crippen LogP contribution is -2.47. The molecule has 9 heteroatoms. The standard InChI is InChI=1S/C11H14BrN3O4S/c1-15(4-6-2-8(12)20-5-6)11(19)14-7(10(17)18)3-9(13)16/h2,5,7H,3-4H2,1H3,(H2,13,16)(H,14,19)(H,17,18). The summed E-state index contributed by atoms with van der Waals surface area (Å²) in [7, 11) is 1.53. The molecule has 20 heavy (non-hydrogen) atoms. The van der Waals surface area contributed by atoms with Crippen molar-refractivity contribution in [3.8, 4) is 0 Å². The molecule has 1 aromatic heterocycles. The Bertz CT molecular complexity index is 520. The third kappa shape index (κ3) is 5.17. The van der Waals surface area contributed by atoms with Crippen LogP contribution in [0.2, 0.25) is 0 Å². The van der Waals surface area contributed by atoms with Crippen molar-refractivity contribution < 1.29 is 19.5 Å². The lowest BCUT2D eigenvalue weighted by Gasteiger charge is -2.20. The van der Waals surface area contributed by atoms with Crippen LogP contribution in [0.1, 0.15) is 12.0 Å². The third-order valence-corrected chi connectivity index (χ3v) is 3.94. The van der Waals surface area contributed by atoms with Crippen LogP contribution >= 0.6 is 27.3 Å². The molecular formula is C11H14BrN3O4S. The quantitative estimate of drug-likeness (QED) is 0.698. The summed E-state index contributed by atoms with van der Waals surface area (Å²) in [6, 6.07) is -0.0374. The van der Waals surface area contributed by atoms with Gasteiger partial charge in [-0.05, 0) is 32.9 Å². The lowest BCUT2D eigenvalue weighted by atomic mass is 10.2. The van der Waals surface area contributed by atoms with Crippen LogP contribution in [0.25, 0.3) is 0 Å². The number of hydrogen-bond acceptors (Lipinski definition) is 4. The van der Waals surface area contributed by atoms with E-state index in [-0.39, 0.29) is 0 Å². The highest BCUT2D eigenvalue weighted by Crippen LogP contribution is 2.21. The van der Waals surface area contributed by atoms with E-state index in [0.29, 0.717) is 6.54 Å². The van der Waals surface area contributed by atoms with Gasteiger partial charge >= 0.3 is 12.0 Å². The predicted molar refractivity (Wildman–Crippen MR) is 77.3 cm³/mol. The SMILES string of the molecule is CN(Cc1csc(Br)c1)C(=O)NC(CC(N)=O)C(=O)O. The summed E-state index contributed by atoms with van der Waals surface area (Å²) in [5.41, 5.74) is 5.86. The van der Waals surface area contributed by atoms with E-state index >= 15 is 0 Å². The highest BCUT2D eigenvalue weighted by Gasteiger charge is 2.23. The molecule has 1 unspecified atom stereocenters. The fourth-order valence-electron chi connectivity index (χ4n) is 1.43. The maximum atomic E-state index is 11.8. The van der Waals surface area contributed by atoms with E-state index in [1.165, 1.54) is 23.3 Å². The summed E-state index contributed by atoms with van der Waals surface area (Å²) in [5.74, 6) is -2.09. The normalized spacial score (nSPS) is 11.7. The Morgan fingerprint density at radius 1 is 1.55 bits per heavy atom. The Balaban J connectivity index is 2.59. The molecule has 110 valence electrons. The number of halogens is 1. The Morgan fingerprint density at radius 3 is 2.65 bits per heavy atom. The minimum atomic E-state index is -1.32. The van der Waals surface area contributed by atoms with Gasteiger partial charge in [0.1, 0.15) is 6.04 Å². The van der Waals surface area contributed by atoms with Crippen molar-refractivity contribution in [2.24, 2.45) is 5.73 Å². The number of thiophene rings is 1. The molecule has 1 rings (SSSR count). The smallest absolute Gasteiger partial charge is 0.326 e. The maximum Gasteiger partial charge on any atom is 0.326 e. The zero-order chi connectivity index (χ0) is 15.3. The Kier molecular flexibility index (Phi) is 5.96. The van der Waals surface area contributed by atoms with Gasteiger partial charge in [0.05, 0.1) is 10.2 Å². The first-order valence-electron chi connectivity index (χ1n) is 5.55. The predicted octanol–water partition coefficient (Wildman–Crippen LogP) is 0.981. The summed E-state index contributed by atoms with van der Waals surface area (Å²) in [4.78, 5) is 34.8. The molecule has 4 N–H and O–H groups in total. The average Bonchev–Trinajstić information content (AvgIpc) is 2.72. The number of carboxylic acid groups (broad SMARTS) is 1. The van der Waals surface area contributed by atoms with Gasteiger partial charge in [-0.1, -0.05) is 0 Å². The van der Waals surface area contributed by atoms with Gasteiger partial charge in [0, 0.05) is 13.6 Å². The summed E-state index contributed by atoms with van der Waals surface area (Å²) >= 11 is 4.80. The first-order valence-corrected chi connectivity index (χ1v) is 7.22. The summed E-state index contributed by atoms with van der Waals surface area (Å²) in [5, 5.41) is 13.0. The second-order valence-electron chi connectivity index (χ2n) is 4.13. The van der Waals surface area contributed by atoms with Crippen LogP contribution in [0, 0.1) is 0 Å². The van der Waals surface area contributed by atoms with E-state index < -0.39 is 30.4 Å². The van der Waals surface area contributed by atoms with Gasteiger partial charge in [-0.2, -0.15) is 0 Å². The van der Waals surface area contributed by atoms with Crippen molar-refractivity contribution in [1.82, 2.24) is 10.2 Å². The van der Waals surface area contributed by atoms with Gasteiger partial charge in [0.25, 0.3) is 0 Å². The molecule has 0 saturated carbocycles. The van der Waals surface area contributed by atoms with Crippen LogP contribution in [0.4, 0.5) is 4.79 Å². The van der Waals surface area contributed by atoms with Gasteiger partial charge in [-0.25, -0.2) is 9.59 Å². The van der Waals surface area contributed by atoms with Gasteiger partial charge in [0.2, 0.25) is 5.91 Å². The van der Waals surface area contributed by atoms with Crippen LogP contribution in [-0.4, -0.2) is 41.0 Å². The number of urea groups is 1. The third-order valence-electron chi connectivity index (χ3n) is 2.39. The van der Waals surface area contributed by atoms with Crippen molar-refractivity contribution in [1.29, 1.82) is 0 Å². The Morgan fingerprint density at radius 2 is 2.20 bits per heavy atom. The van der Waals surface area contributed by atoms with Crippen LogP contribution in [0.3, 0.4) is 0 Å². The lowest BCUT2D eigenvalue weighted by molar-refractivity contribution is -0.140. The first kappa shape index (κ1) is 16.4. The summed E-state index contributed by atoms with van der Waals surface area (Å²) < 4.78 is 0.943. The molecule has 1 heterocycles. The minimum absolute atomic E-state index is 0.330. The molecule has 3 amide bonds. The minimum Gasteiger partial charge on any atom is -0.480 e. The molecule has 0 saturated heterocycles. The topological polar surface area (TPSA) is 113 Å². The molecule has 0 aliphatic rings. The number of nitrogens with two attached hydrogens (primary N) is 1. The van der Waals surface area contributed by atoms with Crippen LogP contribution in [-0.2, 0) is 16.1 Å². The Labute approximate surface area is 127 Å². The number of nitrogens with zero attached hydrogens (tertiary/aromatic N) is 1. The summed E-state index contributed by atoms with van der Waals surface area (Å²) in [6.07, 6.45) is -0.446. The first-order chi connectivity index (χ1) is 9.29. The molecular weight excluding hydrogens is 350 g/mol. The molecule has 0 radical (unpaired) electrons. The van der Waals surface area contributed by atoms with Crippen molar-refractivity contribution >= 4 is 45.2 Å². The number of nitrogens with one attached hydrogen (secondary N) is 1. The zero-order valence-corrected chi connectivity index (χ0v) is 13.0. The highest BCUT2D eigenvalue weighted by molar-refractivity contribution is 9.11. The van der Waals surface area contributed by atoms with Crippen molar-refractivity contribution in [3.63, 3.8) is 0 Å². The molecule has 0 aliphatic heterocycles.